The second kappa shape index (κ2) is 9.00. The highest BCUT2D eigenvalue weighted by Crippen LogP contribution is 2.17. The fourth-order valence-corrected chi connectivity index (χ4v) is 2.64. The Morgan fingerprint density at radius 3 is 1.18 bits per heavy atom. The molecule has 0 saturated heterocycles. The van der Waals surface area contributed by atoms with E-state index in [1.54, 1.807) is 62.4 Å². The molecule has 0 radical (unpaired) electrons. The summed E-state index contributed by atoms with van der Waals surface area (Å²) in [5, 5.41) is 0. The molecular weight excluding hydrogens is 352 g/mol. The van der Waals surface area contributed by atoms with Crippen molar-refractivity contribution in [2.24, 2.45) is 0 Å². The number of carbonyl (C=O) groups excluding carboxylic acids is 2. The van der Waals surface area contributed by atoms with E-state index >= 15 is 0 Å². The van der Waals surface area contributed by atoms with E-state index in [0.717, 1.165) is 22.6 Å². The highest BCUT2D eigenvalue weighted by atomic mass is 16.5. The predicted octanol–water partition coefficient (Wildman–Crippen LogP) is 5.25. The summed E-state index contributed by atoms with van der Waals surface area (Å²) < 4.78 is 11.5. The van der Waals surface area contributed by atoms with Crippen molar-refractivity contribution in [3.8, 4) is 11.5 Å². The number of ether oxygens (including phenoxy) is 2. The summed E-state index contributed by atoms with van der Waals surface area (Å²) in [6.45, 7) is 3.99. The monoisotopic (exact) mass is 374 g/mol. The van der Waals surface area contributed by atoms with E-state index in [-0.39, 0.29) is 11.6 Å². The van der Waals surface area contributed by atoms with Crippen molar-refractivity contribution in [3.63, 3.8) is 0 Å². The molecule has 28 heavy (non-hydrogen) atoms. The highest BCUT2D eigenvalue weighted by molar-refractivity contribution is 5.94. The predicted molar refractivity (Wildman–Crippen MR) is 108 cm³/mol. The van der Waals surface area contributed by atoms with Gasteiger partial charge >= 0.3 is 0 Å². The summed E-state index contributed by atoms with van der Waals surface area (Å²) in [5.74, 6) is 1.54. The average molecular weight is 374 g/mol. The summed E-state index contributed by atoms with van der Waals surface area (Å²) in [7, 11) is 0. The molecule has 0 aromatic heterocycles. The Kier molecular flexibility index (Phi) is 6.22. The molecule has 0 spiro atoms. The van der Waals surface area contributed by atoms with Crippen molar-refractivity contribution in [1.29, 1.82) is 0 Å². The van der Waals surface area contributed by atoms with Crippen LogP contribution in [0.15, 0.2) is 72.8 Å². The van der Waals surface area contributed by atoms with E-state index in [4.69, 9.17) is 9.47 Å². The van der Waals surface area contributed by atoms with Gasteiger partial charge in [0, 0.05) is 11.1 Å². The fraction of sp³-hybridized carbons (Fsp3) is 0.167. The molecular formula is C24H22O4. The van der Waals surface area contributed by atoms with Crippen LogP contribution in [0.4, 0.5) is 0 Å². The molecule has 0 N–H and O–H groups in total. The molecule has 0 fully saturated rings. The Morgan fingerprint density at radius 2 is 0.893 bits per heavy atom. The number of hydrogen-bond donors (Lipinski definition) is 0. The van der Waals surface area contributed by atoms with Crippen LogP contribution < -0.4 is 9.47 Å². The minimum Gasteiger partial charge on any atom is -0.489 e. The number of benzene rings is 3. The normalized spacial score (nSPS) is 10.4. The summed E-state index contributed by atoms with van der Waals surface area (Å²) >= 11 is 0. The Morgan fingerprint density at radius 1 is 0.571 bits per heavy atom. The van der Waals surface area contributed by atoms with Crippen molar-refractivity contribution in [2.45, 2.75) is 27.1 Å². The lowest BCUT2D eigenvalue weighted by atomic mass is 10.1. The molecule has 0 unspecified atom stereocenters. The lowest BCUT2D eigenvalue weighted by Crippen LogP contribution is -1.99. The van der Waals surface area contributed by atoms with Crippen LogP contribution in [0, 0.1) is 0 Å². The van der Waals surface area contributed by atoms with Crippen LogP contribution in [0.2, 0.25) is 0 Å². The van der Waals surface area contributed by atoms with Crippen LogP contribution >= 0.6 is 0 Å². The van der Waals surface area contributed by atoms with Crippen molar-refractivity contribution in [2.75, 3.05) is 0 Å². The van der Waals surface area contributed by atoms with Crippen LogP contribution in [-0.2, 0) is 13.2 Å². The molecule has 0 aliphatic heterocycles. The summed E-state index contributed by atoms with van der Waals surface area (Å²) in [6, 6.07) is 22.3. The third-order valence-corrected chi connectivity index (χ3v) is 4.36. The topological polar surface area (TPSA) is 52.6 Å². The SMILES string of the molecule is CC(=O)c1ccc(OCc2ccc(COc3ccc(C(C)=O)cc3)cc2)cc1. The van der Waals surface area contributed by atoms with Gasteiger partial charge in [-0.3, -0.25) is 9.59 Å². The van der Waals surface area contributed by atoms with Gasteiger partial charge in [0.1, 0.15) is 24.7 Å². The smallest absolute Gasteiger partial charge is 0.159 e. The molecule has 0 saturated carbocycles. The van der Waals surface area contributed by atoms with E-state index in [1.807, 2.05) is 24.3 Å². The summed E-state index contributed by atoms with van der Waals surface area (Å²) in [4.78, 5) is 22.6. The van der Waals surface area contributed by atoms with E-state index < -0.39 is 0 Å². The van der Waals surface area contributed by atoms with Crippen molar-refractivity contribution < 1.29 is 19.1 Å². The molecule has 0 aliphatic rings. The molecule has 0 aliphatic carbocycles. The van der Waals surface area contributed by atoms with Gasteiger partial charge < -0.3 is 9.47 Å². The minimum atomic E-state index is 0.0409. The maximum Gasteiger partial charge on any atom is 0.159 e. The van der Waals surface area contributed by atoms with Gasteiger partial charge in [0.2, 0.25) is 0 Å². The van der Waals surface area contributed by atoms with Gasteiger partial charge in [-0.15, -0.1) is 0 Å². The third-order valence-electron chi connectivity index (χ3n) is 4.36. The number of rotatable bonds is 8. The van der Waals surface area contributed by atoms with Gasteiger partial charge in [0.15, 0.2) is 11.6 Å². The lowest BCUT2D eigenvalue weighted by molar-refractivity contribution is 0.100. The largest absolute Gasteiger partial charge is 0.489 e. The summed E-state index contributed by atoms with van der Waals surface area (Å²) in [5.41, 5.74) is 3.44. The Bertz CT molecular complexity index is 859. The zero-order valence-electron chi connectivity index (χ0n) is 16.0. The Hall–Kier alpha value is -3.40. The molecule has 0 amide bonds. The lowest BCUT2D eigenvalue weighted by Gasteiger charge is -2.09. The number of ketones is 2. The molecule has 0 heterocycles. The molecule has 3 aromatic rings. The zero-order chi connectivity index (χ0) is 19.9. The van der Waals surface area contributed by atoms with Crippen molar-refractivity contribution in [1.82, 2.24) is 0 Å². The molecule has 3 aromatic carbocycles. The van der Waals surface area contributed by atoms with Gasteiger partial charge in [-0.25, -0.2) is 0 Å². The first-order valence-electron chi connectivity index (χ1n) is 9.07. The highest BCUT2D eigenvalue weighted by Gasteiger charge is 2.02. The summed E-state index contributed by atoms with van der Waals surface area (Å²) in [6.07, 6.45) is 0. The van der Waals surface area contributed by atoms with E-state index in [2.05, 4.69) is 0 Å². The first kappa shape index (κ1) is 19.4. The van der Waals surface area contributed by atoms with Crippen LogP contribution in [0.25, 0.3) is 0 Å². The van der Waals surface area contributed by atoms with Gasteiger partial charge in [0.25, 0.3) is 0 Å². The zero-order valence-corrected chi connectivity index (χ0v) is 16.0. The minimum absolute atomic E-state index is 0.0409. The van der Waals surface area contributed by atoms with Crippen LogP contribution in [0.5, 0.6) is 11.5 Å². The molecule has 4 heteroatoms. The maximum absolute atomic E-state index is 11.3. The standard InChI is InChI=1S/C24H22O4/c1-17(25)21-7-11-23(12-8-21)27-15-19-3-5-20(6-4-19)16-28-24-13-9-22(10-14-24)18(2)26/h3-14H,15-16H2,1-2H3. The van der Waals surface area contributed by atoms with Gasteiger partial charge in [-0.1, -0.05) is 24.3 Å². The Balaban J connectivity index is 1.50. The van der Waals surface area contributed by atoms with Gasteiger partial charge in [0.05, 0.1) is 0 Å². The molecule has 4 nitrogen and oxygen atoms in total. The van der Waals surface area contributed by atoms with Crippen LogP contribution in [0.3, 0.4) is 0 Å². The van der Waals surface area contributed by atoms with Crippen LogP contribution in [0.1, 0.15) is 45.7 Å². The number of hydrogen-bond acceptors (Lipinski definition) is 4. The van der Waals surface area contributed by atoms with Crippen molar-refractivity contribution >= 4 is 11.6 Å². The first-order valence-corrected chi connectivity index (χ1v) is 9.07. The van der Waals surface area contributed by atoms with Crippen LogP contribution in [-0.4, -0.2) is 11.6 Å². The quantitative estimate of drug-likeness (QED) is 0.505. The molecule has 142 valence electrons. The third kappa shape index (κ3) is 5.30. The van der Waals surface area contributed by atoms with E-state index in [9.17, 15) is 9.59 Å². The molecule has 0 atom stereocenters. The van der Waals surface area contributed by atoms with Crippen molar-refractivity contribution in [3.05, 3.63) is 95.1 Å². The second-order valence-electron chi connectivity index (χ2n) is 6.55. The average Bonchev–Trinajstić information content (AvgIpc) is 2.72. The molecule has 3 rings (SSSR count). The Labute approximate surface area is 164 Å². The maximum atomic E-state index is 11.3. The van der Waals surface area contributed by atoms with Gasteiger partial charge in [-0.05, 0) is 73.5 Å². The number of Topliss-reactive ketones (excluding diaryl/α,β-unsaturated/α-hetero) is 2. The molecule has 0 bridgehead atoms. The number of carbonyl (C=O) groups is 2. The first-order chi connectivity index (χ1) is 13.5. The second-order valence-corrected chi connectivity index (χ2v) is 6.55. The fourth-order valence-electron chi connectivity index (χ4n) is 2.64. The van der Waals surface area contributed by atoms with Gasteiger partial charge in [-0.2, -0.15) is 0 Å². The van der Waals surface area contributed by atoms with E-state index in [0.29, 0.717) is 24.3 Å². The van der Waals surface area contributed by atoms with E-state index in [1.165, 1.54) is 0 Å².